The molecule has 0 spiro atoms. The highest BCUT2D eigenvalue weighted by atomic mass is 35.5. The van der Waals surface area contributed by atoms with E-state index >= 15 is 0 Å². The van der Waals surface area contributed by atoms with Crippen LogP contribution in [0.1, 0.15) is 23.2 Å². The average molecular weight is 309 g/mol. The zero-order chi connectivity index (χ0) is 13.9. The fourth-order valence-electron chi connectivity index (χ4n) is 2.13. The number of nitrogens with zero attached hydrogens (tertiary/aromatic N) is 4. The molecule has 1 amide bonds. The minimum atomic E-state index is -0.160. The van der Waals surface area contributed by atoms with Gasteiger partial charge in [0.1, 0.15) is 6.33 Å². The Hall–Kier alpha value is -1.99. The zero-order valence-corrected chi connectivity index (χ0v) is 12.2. The lowest BCUT2D eigenvalue weighted by molar-refractivity contribution is 0.0950. The van der Waals surface area contributed by atoms with E-state index in [0.717, 1.165) is 12.8 Å². The average Bonchev–Trinajstić information content (AvgIpc) is 3.19. The van der Waals surface area contributed by atoms with Crippen LogP contribution >= 0.6 is 12.4 Å². The van der Waals surface area contributed by atoms with Gasteiger partial charge in [-0.1, -0.05) is 12.1 Å². The van der Waals surface area contributed by atoms with Crippen molar-refractivity contribution >= 4 is 18.3 Å². The molecule has 1 aliphatic carbocycles. The van der Waals surface area contributed by atoms with Crippen LogP contribution in [-0.4, -0.2) is 38.7 Å². The Labute approximate surface area is 128 Å². The third-order valence-electron chi connectivity index (χ3n) is 3.47. The zero-order valence-electron chi connectivity index (χ0n) is 11.3. The lowest BCUT2D eigenvalue weighted by atomic mass is 10.1. The Bertz CT molecular complexity index is 598. The van der Waals surface area contributed by atoms with Crippen molar-refractivity contribution in [3.8, 4) is 5.69 Å². The van der Waals surface area contributed by atoms with Gasteiger partial charge in [-0.2, -0.15) is 4.68 Å². The van der Waals surface area contributed by atoms with Gasteiger partial charge in [0.25, 0.3) is 5.91 Å². The van der Waals surface area contributed by atoms with E-state index in [1.54, 1.807) is 12.1 Å². The summed E-state index contributed by atoms with van der Waals surface area (Å²) in [6.07, 6.45) is 3.79. The van der Waals surface area contributed by atoms with Crippen molar-refractivity contribution in [3.05, 3.63) is 36.2 Å². The van der Waals surface area contributed by atoms with Gasteiger partial charge in [0.2, 0.25) is 0 Å². The first kappa shape index (κ1) is 15.4. The summed E-state index contributed by atoms with van der Waals surface area (Å²) in [5.41, 5.74) is 7.16. The van der Waals surface area contributed by atoms with Crippen LogP contribution in [0.5, 0.6) is 0 Å². The highest BCUT2D eigenvalue weighted by Gasteiger charge is 2.28. The molecule has 1 aliphatic rings. The number of tetrazole rings is 1. The molecule has 0 radical (unpaired) electrons. The van der Waals surface area contributed by atoms with E-state index in [-0.39, 0.29) is 24.4 Å². The summed E-state index contributed by atoms with van der Waals surface area (Å²) in [6.45, 7) is 0.493. The number of hydrogen-bond donors (Lipinski definition) is 2. The maximum atomic E-state index is 12.3. The molecule has 1 aromatic heterocycles. The van der Waals surface area contributed by atoms with Crippen LogP contribution in [0.3, 0.4) is 0 Å². The number of amides is 1. The van der Waals surface area contributed by atoms with Crippen LogP contribution in [0.2, 0.25) is 0 Å². The van der Waals surface area contributed by atoms with Gasteiger partial charge in [-0.25, -0.2) is 0 Å². The summed E-state index contributed by atoms with van der Waals surface area (Å²) < 4.78 is 1.47. The number of carbonyl (C=O) groups is 1. The fraction of sp³-hybridized carbons (Fsp3) is 0.385. The Balaban J connectivity index is 0.00000161. The van der Waals surface area contributed by atoms with Crippen molar-refractivity contribution in [3.63, 3.8) is 0 Å². The number of nitrogens with one attached hydrogen (secondary N) is 1. The van der Waals surface area contributed by atoms with Crippen molar-refractivity contribution in [1.82, 2.24) is 25.5 Å². The SMILES string of the molecule is Cl.NC(CNC(=O)c1ccccc1-n1cnnn1)C1CC1. The molecule has 1 fully saturated rings. The topological polar surface area (TPSA) is 98.7 Å². The van der Waals surface area contributed by atoms with Gasteiger partial charge in [-0.15, -0.1) is 17.5 Å². The maximum Gasteiger partial charge on any atom is 0.253 e. The molecule has 8 heteroatoms. The Morgan fingerprint density at radius 1 is 1.43 bits per heavy atom. The molecule has 1 saturated carbocycles. The second-order valence-corrected chi connectivity index (χ2v) is 4.98. The lowest BCUT2D eigenvalue weighted by Gasteiger charge is -2.13. The Morgan fingerprint density at radius 2 is 2.19 bits per heavy atom. The summed E-state index contributed by atoms with van der Waals surface area (Å²) in [5.74, 6) is 0.400. The van der Waals surface area contributed by atoms with Crippen molar-refractivity contribution in [2.75, 3.05) is 6.54 Å². The van der Waals surface area contributed by atoms with E-state index < -0.39 is 0 Å². The van der Waals surface area contributed by atoms with Crippen molar-refractivity contribution in [2.24, 2.45) is 11.7 Å². The van der Waals surface area contributed by atoms with E-state index in [2.05, 4.69) is 20.8 Å². The quantitative estimate of drug-likeness (QED) is 0.840. The molecule has 1 unspecified atom stereocenters. The summed E-state index contributed by atoms with van der Waals surface area (Å²) in [5, 5.41) is 13.9. The van der Waals surface area contributed by atoms with E-state index in [1.165, 1.54) is 11.0 Å². The van der Waals surface area contributed by atoms with E-state index in [0.29, 0.717) is 23.7 Å². The summed E-state index contributed by atoms with van der Waals surface area (Å²) in [7, 11) is 0. The number of carbonyl (C=O) groups excluding carboxylic acids is 1. The molecule has 1 atom stereocenters. The number of aromatic nitrogens is 4. The van der Waals surface area contributed by atoms with Crippen LogP contribution in [-0.2, 0) is 0 Å². The Morgan fingerprint density at radius 3 is 2.86 bits per heavy atom. The van der Waals surface area contributed by atoms with E-state index in [9.17, 15) is 4.79 Å². The molecule has 0 saturated heterocycles. The molecule has 2 aromatic rings. The fourth-order valence-corrected chi connectivity index (χ4v) is 2.13. The molecule has 0 bridgehead atoms. The van der Waals surface area contributed by atoms with E-state index in [1.807, 2.05) is 12.1 Å². The highest BCUT2D eigenvalue weighted by molar-refractivity contribution is 5.97. The molecule has 0 aliphatic heterocycles. The number of para-hydroxylation sites is 1. The number of hydrogen-bond acceptors (Lipinski definition) is 5. The molecule has 112 valence electrons. The highest BCUT2D eigenvalue weighted by Crippen LogP contribution is 2.31. The van der Waals surface area contributed by atoms with Gasteiger partial charge in [0.05, 0.1) is 11.3 Å². The molecule has 3 N–H and O–H groups in total. The minimum absolute atomic E-state index is 0. The van der Waals surface area contributed by atoms with Gasteiger partial charge in [0.15, 0.2) is 0 Å². The van der Waals surface area contributed by atoms with Gasteiger partial charge < -0.3 is 11.1 Å². The standard InChI is InChI=1S/C13H16N6O.ClH/c14-11(9-5-6-9)7-15-13(20)10-3-1-2-4-12(10)19-8-16-17-18-19;/h1-4,8-9,11H,5-7,14H2,(H,15,20);1H. The van der Waals surface area contributed by atoms with Gasteiger partial charge >= 0.3 is 0 Å². The number of halogens is 1. The van der Waals surface area contributed by atoms with Crippen LogP contribution in [0.15, 0.2) is 30.6 Å². The third kappa shape index (κ3) is 3.56. The normalized spacial score (nSPS) is 15.1. The summed E-state index contributed by atoms with van der Waals surface area (Å²) >= 11 is 0. The Kier molecular flexibility index (Phi) is 4.87. The minimum Gasteiger partial charge on any atom is -0.350 e. The van der Waals surface area contributed by atoms with Gasteiger partial charge in [-0.3, -0.25) is 4.79 Å². The predicted octanol–water partition coefficient (Wildman–Crippen LogP) is 0.551. The molecule has 1 heterocycles. The van der Waals surface area contributed by atoms with Crippen molar-refractivity contribution in [1.29, 1.82) is 0 Å². The van der Waals surface area contributed by atoms with Crippen molar-refractivity contribution < 1.29 is 4.79 Å². The number of benzene rings is 1. The maximum absolute atomic E-state index is 12.3. The molecule has 3 rings (SSSR count). The first-order chi connectivity index (χ1) is 9.75. The van der Waals surface area contributed by atoms with E-state index in [4.69, 9.17) is 5.73 Å². The van der Waals surface area contributed by atoms with Crippen LogP contribution < -0.4 is 11.1 Å². The van der Waals surface area contributed by atoms with Crippen LogP contribution in [0.25, 0.3) is 5.69 Å². The predicted molar refractivity (Wildman–Crippen MR) is 79.4 cm³/mol. The first-order valence-corrected chi connectivity index (χ1v) is 6.62. The number of nitrogens with two attached hydrogens (primary N) is 1. The van der Waals surface area contributed by atoms with Gasteiger partial charge in [0, 0.05) is 12.6 Å². The summed E-state index contributed by atoms with van der Waals surface area (Å²) in [6, 6.07) is 7.23. The molecule has 1 aromatic carbocycles. The molecular formula is C13H17ClN6O. The summed E-state index contributed by atoms with van der Waals surface area (Å²) in [4.78, 5) is 12.3. The molecular weight excluding hydrogens is 292 g/mol. The molecule has 21 heavy (non-hydrogen) atoms. The van der Waals surface area contributed by atoms with Crippen LogP contribution in [0, 0.1) is 5.92 Å². The largest absolute Gasteiger partial charge is 0.350 e. The molecule has 7 nitrogen and oxygen atoms in total. The second-order valence-electron chi connectivity index (χ2n) is 4.98. The lowest BCUT2D eigenvalue weighted by Crippen LogP contribution is -2.38. The smallest absolute Gasteiger partial charge is 0.253 e. The first-order valence-electron chi connectivity index (χ1n) is 6.62. The third-order valence-corrected chi connectivity index (χ3v) is 3.47. The monoisotopic (exact) mass is 308 g/mol. The number of rotatable bonds is 5. The second kappa shape index (κ2) is 6.64. The van der Waals surface area contributed by atoms with Crippen LogP contribution in [0.4, 0.5) is 0 Å². The van der Waals surface area contributed by atoms with Crippen molar-refractivity contribution in [2.45, 2.75) is 18.9 Å². The van der Waals surface area contributed by atoms with Gasteiger partial charge in [-0.05, 0) is 41.3 Å².